The van der Waals surface area contributed by atoms with Gasteiger partial charge in [0, 0.05) is 11.4 Å². The van der Waals surface area contributed by atoms with E-state index in [-0.39, 0.29) is 0 Å². The molecule has 0 radical (unpaired) electrons. The van der Waals surface area contributed by atoms with E-state index in [1.54, 1.807) is 0 Å². The summed E-state index contributed by atoms with van der Waals surface area (Å²) in [6.07, 6.45) is 1.96. The molecule has 0 unspecified atom stereocenters. The second-order valence-corrected chi connectivity index (χ2v) is 3.94. The van der Waals surface area contributed by atoms with Crippen LogP contribution in [0.15, 0.2) is 48.5 Å². The highest BCUT2D eigenvalue weighted by molar-refractivity contribution is 5.47. The van der Waals surface area contributed by atoms with E-state index in [1.807, 2.05) is 30.3 Å². The fraction of sp³-hybridized carbons (Fsp3) is 0.143. The number of para-hydroxylation sites is 1. The summed E-state index contributed by atoms with van der Waals surface area (Å²) in [5, 5.41) is 0. The lowest BCUT2D eigenvalue weighted by atomic mass is 10.0. The van der Waals surface area contributed by atoms with Crippen molar-refractivity contribution < 1.29 is 0 Å². The minimum absolute atomic E-state index is 0.808. The van der Waals surface area contributed by atoms with E-state index in [0.717, 1.165) is 24.2 Å². The average Bonchev–Trinajstić information content (AvgIpc) is 2.30. The van der Waals surface area contributed by atoms with Crippen LogP contribution in [0.4, 0.5) is 11.4 Å². The highest BCUT2D eigenvalue weighted by Crippen LogP contribution is 2.14. The molecule has 2 aromatic carbocycles. The molecule has 0 aliphatic heterocycles. The van der Waals surface area contributed by atoms with Gasteiger partial charge >= 0.3 is 0 Å². The summed E-state index contributed by atoms with van der Waals surface area (Å²) in [5.41, 5.74) is 15.7. The third-order valence-corrected chi connectivity index (χ3v) is 2.72. The maximum Gasteiger partial charge on any atom is 0.0346 e. The Balaban J connectivity index is 2.02. The quantitative estimate of drug-likeness (QED) is 0.768. The summed E-state index contributed by atoms with van der Waals surface area (Å²) in [7, 11) is 0. The first-order valence-electron chi connectivity index (χ1n) is 5.43. The lowest BCUT2D eigenvalue weighted by Gasteiger charge is -2.05. The standard InChI is InChI=1S/C14H16N2/c15-13-9-6-11(7-10-13)5-8-12-3-1-2-4-14(12)16/h1-4,6-7,9-10H,5,8,15-16H2. The summed E-state index contributed by atoms with van der Waals surface area (Å²) in [6.45, 7) is 0. The third-order valence-electron chi connectivity index (χ3n) is 2.72. The van der Waals surface area contributed by atoms with E-state index in [4.69, 9.17) is 11.5 Å². The molecule has 0 fully saturated rings. The van der Waals surface area contributed by atoms with Crippen molar-refractivity contribution in [2.24, 2.45) is 0 Å². The molecule has 0 saturated heterocycles. The first-order valence-corrected chi connectivity index (χ1v) is 5.43. The van der Waals surface area contributed by atoms with Crippen LogP contribution >= 0.6 is 0 Å². The molecule has 0 aliphatic rings. The molecule has 0 heterocycles. The van der Waals surface area contributed by atoms with E-state index in [9.17, 15) is 0 Å². The first-order chi connectivity index (χ1) is 7.75. The van der Waals surface area contributed by atoms with Crippen LogP contribution in [-0.2, 0) is 12.8 Å². The normalized spacial score (nSPS) is 10.2. The van der Waals surface area contributed by atoms with Gasteiger partial charge in [-0.05, 0) is 42.2 Å². The summed E-state index contributed by atoms with van der Waals surface area (Å²) < 4.78 is 0. The molecule has 2 aromatic rings. The van der Waals surface area contributed by atoms with E-state index >= 15 is 0 Å². The highest BCUT2D eigenvalue weighted by Gasteiger charge is 1.98. The predicted octanol–water partition coefficient (Wildman–Crippen LogP) is 2.64. The second-order valence-electron chi connectivity index (χ2n) is 3.94. The van der Waals surface area contributed by atoms with E-state index in [2.05, 4.69) is 18.2 Å². The Morgan fingerprint density at radius 1 is 0.750 bits per heavy atom. The van der Waals surface area contributed by atoms with Crippen LogP contribution in [0.5, 0.6) is 0 Å². The van der Waals surface area contributed by atoms with Gasteiger partial charge in [-0.2, -0.15) is 0 Å². The molecule has 2 rings (SSSR count). The molecule has 0 aromatic heterocycles. The van der Waals surface area contributed by atoms with Gasteiger partial charge in [0.1, 0.15) is 0 Å². The van der Waals surface area contributed by atoms with Crippen molar-refractivity contribution in [1.29, 1.82) is 0 Å². The number of aryl methyl sites for hydroxylation is 2. The van der Waals surface area contributed by atoms with Gasteiger partial charge in [0.2, 0.25) is 0 Å². The largest absolute Gasteiger partial charge is 0.399 e. The maximum atomic E-state index is 5.89. The number of rotatable bonds is 3. The Morgan fingerprint density at radius 3 is 2.12 bits per heavy atom. The molecule has 0 bridgehead atoms. The number of hydrogen-bond acceptors (Lipinski definition) is 2. The Labute approximate surface area is 95.9 Å². The zero-order valence-electron chi connectivity index (χ0n) is 9.19. The molecule has 2 heteroatoms. The van der Waals surface area contributed by atoms with E-state index < -0.39 is 0 Å². The Bertz CT molecular complexity index is 460. The lowest BCUT2D eigenvalue weighted by molar-refractivity contribution is 0.963. The van der Waals surface area contributed by atoms with Crippen molar-refractivity contribution in [2.75, 3.05) is 11.5 Å². The molecule has 0 spiro atoms. The summed E-state index contributed by atoms with van der Waals surface area (Å²) in [5.74, 6) is 0. The number of benzene rings is 2. The van der Waals surface area contributed by atoms with Gasteiger partial charge in [-0.1, -0.05) is 30.3 Å². The molecule has 2 nitrogen and oxygen atoms in total. The Kier molecular flexibility index (Phi) is 3.10. The fourth-order valence-electron chi connectivity index (χ4n) is 1.73. The van der Waals surface area contributed by atoms with Crippen LogP contribution < -0.4 is 11.5 Å². The lowest BCUT2D eigenvalue weighted by Crippen LogP contribution is -1.97. The minimum Gasteiger partial charge on any atom is -0.399 e. The van der Waals surface area contributed by atoms with Gasteiger partial charge in [0.15, 0.2) is 0 Å². The number of nitrogen functional groups attached to an aromatic ring is 2. The van der Waals surface area contributed by atoms with Crippen LogP contribution in [-0.4, -0.2) is 0 Å². The van der Waals surface area contributed by atoms with Crippen LogP contribution in [0.25, 0.3) is 0 Å². The molecule has 0 amide bonds. The molecule has 0 aliphatic carbocycles. The molecule has 0 saturated carbocycles. The summed E-state index contributed by atoms with van der Waals surface area (Å²) in [4.78, 5) is 0. The average molecular weight is 212 g/mol. The van der Waals surface area contributed by atoms with Gasteiger partial charge in [0.05, 0.1) is 0 Å². The number of nitrogens with two attached hydrogens (primary N) is 2. The van der Waals surface area contributed by atoms with Gasteiger partial charge in [0.25, 0.3) is 0 Å². The second kappa shape index (κ2) is 4.71. The van der Waals surface area contributed by atoms with Crippen LogP contribution in [0.3, 0.4) is 0 Å². The van der Waals surface area contributed by atoms with Crippen molar-refractivity contribution in [2.45, 2.75) is 12.8 Å². The van der Waals surface area contributed by atoms with Gasteiger partial charge in [-0.25, -0.2) is 0 Å². The zero-order chi connectivity index (χ0) is 11.4. The predicted molar refractivity (Wildman–Crippen MR) is 69.1 cm³/mol. The molecule has 0 atom stereocenters. The van der Waals surface area contributed by atoms with Gasteiger partial charge < -0.3 is 11.5 Å². The Hall–Kier alpha value is -1.96. The summed E-state index contributed by atoms with van der Waals surface area (Å²) in [6, 6.07) is 16.0. The SMILES string of the molecule is Nc1ccc(CCc2ccccc2N)cc1. The van der Waals surface area contributed by atoms with E-state index in [1.165, 1.54) is 11.1 Å². The monoisotopic (exact) mass is 212 g/mol. The van der Waals surface area contributed by atoms with Crippen molar-refractivity contribution in [3.05, 3.63) is 59.7 Å². The highest BCUT2D eigenvalue weighted by atomic mass is 14.6. The molecular weight excluding hydrogens is 196 g/mol. The van der Waals surface area contributed by atoms with Crippen molar-refractivity contribution in [1.82, 2.24) is 0 Å². The van der Waals surface area contributed by atoms with Gasteiger partial charge in [-0.3, -0.25) is 0 Å². The van der Waals surface area contributed by atoms with Crippen molar-refractivity contribution >= 4 is 11.4 Å². The summed E-state index contributed by atoms with van der Waals surface area (Å²) >= 11 is 0. The number of anilines is 2. The molecule has 16 heavy (non-hydrogen) atoms. The molecule has 4 N–H and O–H groups in total. The zero-order valence-corrected chi connectivity index (χ0v) is 9.19. The number of hydrogen-bond donors (Lipinski definition) is 2. The minimum atomic E-state index is 0.808. The molecule has 82 valence electrons. The third kappa shape index (κ3) is 2.54. The smallest absolute Gasteiger partial charge is 0.0346 e. The fourth-order valence-corrected chi connectivity index (χ4v) is 1.73. The topological polar surface area (TPSA) is 52.0 Å². The first kappa shape index (κ1) is 10.6. The van der Waals surface area contributed by atoms with Gasteiger partial charge in [-0.15, -0.1) is 0 Å². The van der Waals surface area contributed by atoms with Crippen LogP contribution in [0.2, 0.25) is 0 Å². The van der Waals surface area contributed by atoms with Crippen LogP contribution in [0.1, 0.15) is 11.1 Å². The van der Waals surface area contributed by atoms with Crippen molar-refractivity contribution in [3.63, 3.8) is 0 Å². The molecular formula is C14H16N2. The van der Waals surface area contributed by atoms with E-state index in [0.29, 0.717) is 0 Å². The maximum absolute atomic E-state index is 5.89. The van der Waals surface area contributed by atoms with Crippen molar-refractivity contribution in [3.8, 4) is 0 Å². The Morgan fingerprint density at radius 2 is 1.44 bits per heavy atom. The van der Waals surface area contributed by atoms with Crippen LogP contribution in [0, 0.1) is 0 Å².